The molecule has 0 amide bonds. The van der Waals surface area contributed by atoms with Crippen molar-refractivity contribution in [2.24, 2.45) is 11.3 Å². The average Bonchev–Trinajstić information content (AvgIpc) is 2.13. The molecule has 1 rings (SSSR count). The van der Waals surface area contributed by atoms with E-state index in [0.717, 1.165) is 12.0 Å². The Morgan fingerprint density at radius 3 is 2.50 bits per heavy atom. The summed E-state index contributed by atoms with van der Waals surface area (Å²) >= 11 is 0. The molecule has 0 bridgehead atoms. The van der Waals surface area contributed by atoms with Crippen LogP contribution in [0.5, 0.6) is 0 Å². The number of hydrogen-bond donors (Lipinski definition) is 2. The van der Waals surface area contributed by atoms with Crippen LogP contribution in [-0.2, 0) is 0 Å². The van der Waals surface area contributed by atoms with Crippen molar-refractivity contribution in [2.45, 2.75) is 52.5 Å². The van der Waals surface area contributed by atoms with Gasteiger partial charge in [-0.05, 0) is 32.6 Å². The summed E-state index contributed by atoms with van der Waals surface area (Å²) in [5, 5.41) is 2.62. The lowest BCUT2D eigenvalue weighted by atomic mass is 9.86. The lowest BCUT2D eigenvalue weighted by Crippen LogP contribution is -3.08. The molecular weight excluding hydrogens is 196 g/mol. The van der Waals surface area contributed by atoms with Crippen LogP contribution in [0.4, 0.5) is 0 Å². The van der Waals surface area contributed by atoms with Gasteiger partial charge in [0.15, 0.2) is 0 Å². The van der Waals surface area contributed by atoms with E-state index in [9.17, 15) is 0 Å². The molecule has 0 unspecified atom stereocenters. The highest BCUT2D eigenvalue weighted by molar-refractivity contribution is 4.70. The summed E-state index contributed by atoms with van der Waals surface area (Å²) in [7, 11) is 4.51. The van der Waals surface area contributed by atoms with Crippen molar-refractivity contribution < 1.29 is 10.2 Å². The maximum atomic E-state index is 2.62. The predicted molar refractivity (Wildman–Crippen MR) is 69.7 cm³/mol. The molecule has 0 heterocycles. The molecule has 16 heavy (non-hydrogen) atoms. The minimum absolute atomic E-state index is 0.472. The van der Waals surface area contributed by atoms with Crippen LogP contribution in [0, 0.1) is 11.3 Å². The molecule has 0 aliphatic heterocycles. The van der Waals surface area contributed by atoms with Gasteiger partial charge in [0.2, 0.25) is 0 Å². The van der Waals surface area contributed by atoms with Gasteiger partial charge < -0.3 is 10.2 Å². The van der Waals surface area contributed by atoms with Crippen LogP contribution in [0.1, 0.15) is 46.5 Å². The number of rotatable bonds is 5. The van der Waals surface area contributed by atoms with E-state index in [1.165, 1.54) is 38.8 Å². The molecule has 1 aliphatic carbocycles. The van der Waals surface area contributed by atoms with E-state index in [-0.39, 0.29) is 0 Å². The van der Waals surface area contributed by atoms with Gasteiger partial charge in [0.05, 0.1) is 38.6 Å². The van der Waals surface area contributed by atoms with E-state index < -0.39 is 0 Å². The first-order valence-electron chi connectivity index (χ1n) is 7.01. The second-order valence-electron chi connectivity index (χ2n) is 7.02. The molecule has 0 radical (unpaired) electrons. The highest BCUT2D eigenvalue weighted by atomic mass is 15.1. The Morgan fingerprint density at radius 2 is 1.94 bits per heavy atom. The standard InChI is InChI=1S/C14H30N2/c1-12-7-6-8-13(9-12)15-10-14(2,3)11-16(4)5/h12-13,15H,6-11H2,1-5H3/p+2/t12-,13+/m0/s1. The molecule has 0 spiro atoms. The fraction of sp³-hybridized carbons (Fsp3) is 1.00. The summed E-state index contributed by atoms with van der Waals surface area (Å²) in [6.45, 7) is 9.78. The van der Waals surface area contributed by atoms with Crippen LogP contribution in [0.3, 0.4) is 0 Å². The Morgan fingerprint density at radius 1 is 1.25 bits per heavy atom. The second-order valence-corrected chi connectivity index (χ2v) is 7.02. The van der Waals surface area contributed by atoms with E-state index in [1.807, 2.05) is 0 Å². The molecule has 0 aromatic rings. The fourth-order valence-corrected chi connectivity index (χ4v) is 3.21. The Hall–Kier alpha value is -0.0800. The lowest BCUT2D eigenvalue weighted by molar-refractivity contribution is -0.869. The van der Waals surface area contributed by atoms with Gasteiger partial charge in [-0.1, -0.05) is 13.3 Å². The van der Waals surface area contributed by atoms with E-state index in [2.05, 4.69) is 40.2 Å². The molecule has 2 heteroatoms. The number of nitrogens with one attached hydrogen (secondary N) is 1. The highest BCUT2D eigenvalue weighted by Crippen LogP contribution is 2.21. The van der Waals surface area contributed by atoms with Crippen LogP contribution in [0.2, 0.25) is 0 Å². The fourth-order valence-electron chi connectivity index (χ4n) is 3.21. The minimum atomic E-state index is 0.472. The summed E-state index contributed by atoms with van der Waals surface area (Å²) in [5.74, 6) is 0.956. The average molecular weight is 228 g/mol. The topological polar surface area (TPSA) is 21.1 Å². The first-order valence-corrected chi connectivity index (χ1v) is 7.01. The van der Waals surface area contributed by atoms with Crippen LogP contribution < -0.4 is 10.2 Å². The third kappa shape index (κ3) is 5.31. The summed E-state index contributed by atoms with van der Waals surface area (Å²) < 4.78 is 0. The smallest absolute Gasteiger partial charge is 0.0873 e. The zero-order chi connectivity index (χ0) is 12.2. The van der Waals surface area contributed by atoms with Crippen LogP contribution in [-0.4, -0.2) is 33.2 Å². The molecular formula is C14H32N2+2. The van der Waals surface area contributed by atoms with Crippen molar-refractivity contribution >= 4 is 0 Å². The first kappa shape index (κ1) is 14.0. The molecule has 96 valence electrons. The monoisotopic (exact) mass is 228 g/mol. The molecule has 2 atom stereocenters. The van der Waals surface area contributed by atoms with Crippen molar-refractivity contribution in [2.75, 3.05) is 27.2 Å². The zero-order valence-corrected chi connectivity index (χ0v) is 12.0. The summed E-state index contributed by atoms with van der Waals surface area (Å²) in [5.41, 5.74) is 0.472. The summed E-state index contributed by atoms with van der Waals surface area (Å²) in [6.07, 6.45) is 5.78. The number of quaternary nitrogens is 2. The van der Waals surface area contributed by atoms with E-state index in [1.54, 1.807) is 4.90 Å². The molecule has 2 nitrogen and oxygen atoms in total. The van der Waals surface area contributed by atoms with Crippen molar-refractivity contribution in [3.63, 3.8) is 0 Å². The number of hydrogen-bond acceptors (Lipinski definition) is 0. The van der Waals surface area contributed by atoms with Gasteiger partial charge in [-0.25, -0.2) is 0 Å². The molecule has 0 aromatic carbocycles. The van der Waals surface area contributed by atoms with Crippen molar-refractivity contribution in [1.29, 1.82) is 0 Å². The Kier molecular flexibility index (Phi) is 5.26. The zero-order valence-electron chi connectivity index (χ0n) is 12.0. The highest BCUT2D eigenvalue weighted by Gasteiger charge is 2.27. The largest absolute Gasteiger partial charge is 0.343 e. The maximum absolute atomic E-state index is 2.62. The van der Waals surface area contributed by atoms with Crippen LogP contribution in [0.25, 0.3) is 0 Å². The Bertz CT molecular complexity index is 199. The van der Waals surface area contributed by atoms with Gasteiger partial charge >= 0.3 is 0 Å². The van der Waals surface area contributed by atoms with E-state index in [4.69, 9.17) is 0 Å². The quantitative estimate of drug-likeness (QED) is 0.675. The second kappa shape index (κ2) is 6.02. The number of nitrogens with two attached hydrogens (primary N) is 1. The minimum Gasteiger partial charge on any atom is -0.343 e. The first-order chi connectivity index (χ1) is 7.39. The predicted octanol–water partition coefficient (Wildman–Crippen LogP) is 0.299. The molecule has 1 aliphatic rings. The summed E-state index contributed by atoms with van der Waals surface area (Å²) in [4.78, 5) is 1.57. The van der Waals surface area contributed by atoms with Crippen molar-refractivity contribution in [3.05, 3.63) is 0 Å². The molecule has 1 fully saturated rings. The third-order valence-electron chi connectivity index (χ3n) is 3.81. The van der Waals surface area contributed by atoms with Gasteiger partial charge in [-0.3, -0.25) is 0 Å². The molecule has 1 saturated carbocycles. The van der Waals surface area contributed by atoms with Gasteiger partial charge in [0.25, 0.3) is 0 Å². The van der Waals surface area contributed by atoms with Gasteiger partial charge in [0, 0.05) is 6.42 Å². The van der Waals surface area contributed by atoms with Gasteiger partial charge in [-0.15, -0.1) is 0 Å². The van der Waals surface area contributed by atoms with Gasteiger partial charge in [-0.2, -0.15) is 0 Å². The Labute approximate surface area is 102 Å². The molecule has 0 aromatic heterocycles. The van der Waals surface area contributed by atoms with E-state index >= 15 is 0 Å². The van der Waals surface area contributed by atoms with Crippen molar-refractivity contribution in [1.82, 2.24) is 0 Å². The molecule has 3 N–H and O–H groups in total. The van der Waals surface area contributed by atoms with Crippen molar-refractivity contribution in [3.8, 4) is 0 Å². The third-order valence-corrected chi connectivity index (χ3v) is 3.81. The van der Waals surface area contributed by atoms with Crippen LogP contribution in [0.15, 0.2) is 0 Å². The SMILES string of the molecule is C[C@H]1CCC[C@@H]([NH2+]CC(C)(C)C[NH+](C)C)C1. The molecule has 0 saturated heterocycles. The van der Waals surface area contributed by atoms with Crippen LogP contribution >= 0.6 is 0 Å². The summed E-state index contributed by atoms with van der Waals surface area (Å²) in [6, 6.07) is 0.903. The normalized spacial score (nSPS) is 27.4. The lowest BCUT2D eigenvalue weighted by Gasteiger charge is -2.29. The maximum Gasteiger partial charge on any atom is 0.0873 e. The Balaban J connectivity index is 2.27. The van der Waals surface area contributed by atoms with E-state index in [0.29, 0.717) is 5.41 Å². The van der Waals surface area contributed by atoms with Gasteiger partial charge in [0.1, 0.15) is 0 Å².